The maximum atomic E-state index is 13.4. The fourth-order valence-electron chi connectivity index (χ4n) is 3.61. The van der Waals surface area contributed by atoms with Gasteiger partial charge in [0.25, 0.3) is 16.0 Å². The van der Waals surface area contributed by atoms with Gasteiger partial charge >= 0.3 is 0 Å². The lowest BCUT2D eigenvalue weighted by atomic mass is 9.81. The molecule has 1 unspecified atom stereocenters. The molecule has 9 nitrogen and oxygen atoms in total. The number of benzene rings is 2. The molecule has 1 aromatic heterocycles. The molecular weight excluding hydrogens is 418 g/mol. The van der Waals surface area contributed by atoms with Gasteiger partial charge in [-0.25, -0.2) is 15.0 Å². The number of amides is 1. The van der Waals surface area contributed by atoms with Crippen molar-refractivity contribution in [3.63, 3.8) is 0 Å². The second-order valence-corrected chi connectivity index (χ2v) is 8.58. The van der Waals surface area contributed by atoms with E-state index in [0.717, 1.165) is 0 Å². The van der Waals surface area contributed by atoms with E-state index in [9.17, 15) is 17.8 Å². The summed E-state index contributed by atoms with van der Waals surface area (Å²) in [6.07, 6.45) is 3.24. The first-order chi connectivity index (χ1) is 14.7. The van der Waals surface area contributed by atoms with E-state index < -0.39 is 21.4 Å². The molecule has 1 aliphatic heterocycles. The van der Waals surface area contributed by atoms with Gasteiger partial charge in [0.15, 0.2) is 17.3 Å². The summed E-state index contributed by atoms with van der Waals surface area (Å²) in [5, 5.41) is 0. The molecule has 10 heteroatoms. The summed E-state index contributed by atoms with van der Waals surface area (Å²) in [7, 11) is -2.73. The quantitative estimate of drug-likeness (QED) is 0.578. The van der Waals surface area contributed by atoms with E-state index >= 15 is 0 Å². The predicted octanol–water partition coefficient (Wildman–Crippen LogP) is 1.56. The third kappa shape index (κ3) is 3.78. The zero-order valence-electron chi connectivity index (χ0n) is 16.5. The first-order valence-corrected chi connectivity index (χ1v) is 10.9. The summed E-state index contributed by atoms with van der Waals surface area (Å²) in [4.78, 5) is 27.7. The van der Waals surface area contributed by atoms with Crippen LogP contribution < -0.4 is 5.73 Å². The normalized spacial score (nSPS) is 18.8. The third-order valence-electron chi connectivity index (χ3n) is 5.04. The number of aromatic nitrogens is 2. The Hall–Kier alpha value is -3.63. The highest BCUT2D eigenvalue weighted by atomic mass is 32.2. The monoisotopic (exact) mass is 437 g/mol. The lowest BCUT2D eigenvalue weighted by Crippen LogP contribution is -2.41. The van der Waals surface area contributed by atoms with E-state index in [-0.39, 0.29) is 11.9 Å². The highest BCUT2D eigenvalue weighted by molar-refractivity contribution is 7.85. The van der Waals surface area contributed by atoms with Gasteiger partial charge in [0.05, 0.1) is 0 Å². The van der Waals surface area contributed by atoms with Crippen LogP contribution in [-0.2, 0) is 26.2 Å². The van der Waals surface area contributed by atoms with Crippen LogP contribution in [0.5, 0.6) is 0 Å². The zero-order valence-corrected chi connectivity index (χ0v) is 17.3. The number of rotatable bonds is 5. The Morgan fingerprint density at radius 3 is 2.29 bits per heavy atom. The minimum absolute atomic E-state index is 0.0338. The summed E-state index contributed by atoms with van der Waals surface area (Å²) in [6.45, 7) is 0. The van der Waals surface area contributed by atoms with Crippen LogP contribution in [0.2, 0.25) is 0 Å². The zero-order chi connectivity index (χ0) is 22.2. The molecule has 0 radical (unpaired) electrons. The van der Waals surface area contributed by atoms with Crippen LogP contribution in [0, 0.1) is 0 Å². The van der Waals surface area contributed by atoms with Crippen molar-refractivity contribution < 1.29 is 17.8 Å². The van der Waals surface area contributed by atoms with Crippen LogP contribution in [0.1, 0.15) is 16.7 Å². The standard InChI is InChI=1S/C21H19N5O4S/c1-26-19(27)21(25-20(26)22,16-7-2-5-14(11-16)13-31(28,29)30)17-8-3-6-15(12-17)18-23-9-4-10-24-18/h2-12H,13H2,1H3,(H2,22,25)(H,28,29,30). The molecule has 0 saturated heterocycles. The molecule has 2 heterocycles. The average molecular weight is 437 g/mol. The molecule has 1 aliphatic rings. The SMILES string of the molecule is CN1C(=O)C(c2cccc(CS(=O)(=O)O)c2)(c2cccc(-c3ncccn3)c2)N=C1N. The van der Waals surface area contributed by atoms with E-state index in [1.165, 1.54) is 18.0 Å². The molecular formula is C21H19N5O4S. The molecule has 1 amide bonds. The maximum absolute atomic E-state index is 13.4. The molecule has 0 fully saturated rings. The minimum atomic E-state index is -4.25. The van der Waals surface area contributed by atoms with Gasteiger partial charge in [-0.05, 0) is 28.8 Å². The van der Waals surface area contributed by atoms with Crippen molar-refractivity contribution in [3.8, 4) is 11.4 Å². The Kier molecular flexibility index (Phi) is 5.03. The second kappa shape index (κ2) is 7.56. The van der Waals surface area contributed by atoms with Crippen LogP contribution in [-0.4, -0.2) is 46.8 Å². The van der Waals surface area contributed by atoms with E-state index in [0.29, 0.717) is 28.1 Å². The minimum Gasteiger partial charge on any atom is -0.369 e. The van der Waals surface area contributed by atoms with Gasteiger partial charge in [-0.1, -0.05) is 42.5 Å². The lowest BCUT2D eigenvalue weighted by Gasteiger charge is -2.27. The maximum Gasteiger partial charge on any atom is 0.269 e. The number of aliphatic imine (C=N–C) groups is 1. The molecule has 158 valence electrons. The summed E-state index contributed by atoms with van der Waals surface area (Å²) in [5.41, 5.74) is 6.44. The molecule has 4 rings (SSSR count). The largest absolute Gasteiger partial charge is 0.369 e. The van der Waals surface area contributed by atoms with E-state index in [2.05, 4.69) is 15.0 Å². The van der Waals surface area contributed by atoms with Gasteiger partial charge in [0, 0.05) is 25.0 Å². The van der Waals surface area contributed by atoms with Gasteiger partial charge in [0.2, 0.25) is 0 Å². The molecule has 31 heavy (non-hydrogen) atoms. The van der Waals surface area contributed by atoms with Crippen molar-refractivity contribution in [2.45, 2.75) is 11.3 Å². The van der Waals surface area contributed by atoms with Gasteiger partial charge < -0.3 is 5.73 Å². The molecule has 0 bridgehead atoms. The summed E-state index contributed by atoms with van der Waals surface area (Å²) < 4.78 is 32.0. The topological polar surface area (TPSA) is 139 Å². The number of nitrogens with zero attached hydrogens (tertiary/aromatic N) is 4. The Morgan fingerprint density at radius 1 is 1.03 bits per heavy atom. The smallest absolute Gasteiger partial charge is 0.269 e. The van der Waals surface area contributed by atoms with Gasteiger partial charge in [-0.2, -0.15) is 8.42 Å². The Bertz CT molecular complexity index is 1290. The number of likely N-dealkylation sites (N-methyl/N-ethyl adjacent to an activating group) is 1. The molecule has 2 aromatic carbocycles. The highest BCUT2D eigenvalue weighted by Gasteiger charge is 2.49. The number of nitrogens with two attached hydrogens (primary N) is 1. The fourth-order valence-corrected chi connectivity index (χ4v) is 4.21. The summed E-state index contributed by atoms with van der Waals surface area (Å²) >= 11 is 0. The number of hydrogen-bond acceptors (Lipinski definition) is 7. The number of guanidine groups is 1. The number of hydrogen-bond donors (Lipinski definition) is 2. The van der Waals surface area contributed by atoms with E-state index in [1.807, 2.05) is 6.07 Å². The molecule has 3 aromatic rings. The first kappa shape index (κ1) is 20.6. The predicted molar refractivity (Wildman–Crippen MR) is 114 cm³/mol. The molecule has 0 aliphatic carbocycles. The van der Waals surface area contributed by atoms with Crippen LogP contribution in [0.4, 0.5) is 0 Å². The van der Waals surface area contributed by atoms with Crippen molar-refractivity contribution >= 4 is 22.0 Å². The van der Waals surface area contributed by atoms with Crippen molar-refractivity contribution in [3.05, 3.63) is 83.7 Å². The Morgan fingerprint density at radius 2 is 1.68 bits per heavy atom. The van der Waals surface area contributed by atoms with Crippen LogP contribution in [0.15, 0.2) is 72.0 Å². The Balaban J connectivity index is 1.92. The van der Waals surface area contributed by atoms with E-state index in [4.69, 9.17) is 5.73 Å². The molecule has 1 atom stereocenters. The third-order valence-corrected chi connectivity index (χ3v) is 5.74. The van der Waals surface area contributed by atoms with Crippen molar-refractivity contribution in [1.29, 1.82) is 0 Å². The highest BCUT2D eigenvalue weighted by Crippen LogP contribution is 2.40. The van der Waals surface area contributed by atoms with Crippen molar-refractivity contribution in [1.82, 2.24) is 14.9 Å². The van der Waals surface area contributed by atoms with Gasteiger partial charge in [0.1, 0.15) is 5.75 Å². The van der Waals surface area contributed by atoms with Crippen molar-refractivity contribution in [2.24, 2.45) is 10.7 Å². The first-order valence-electron chi connectivity index (χ1n) is 9.27. The van der Waals surface area contributed by atoms with E-state index in [1.54, 1.807) is 54.9 Å². The molecule has 3 N–H and O–H groups in total. The van der Waals surface area contributed by atoms with Crippen LogP contribution in [0.25, 0.3) is 11.4 Å². The average Bonchev–Trinajstić information content (AvgIpc) is 2.98. The van der Waals surface area contributed by atoms with Gasteiger partial charge in [-0.3, -0.25) is 14.2 Å². The number of carbonyl (C=O) groups is 1. The van der Waals surface area contributed by atoms with Crippen LogP contribution >= 0.6 is 0 Å². The Labute approximate surface area is 179 Å². The van der Waals surface area contributed by atoms with Crippen molar-refractivity contribution in [2.75, 3.05) is 7.05 Å². The fraction of sp³-hybridized carbons (Fsp3) is 0.143. The lowest BCUT2D eigenvalue weighted by molar-refractivity contribution is -0.129. The van der Waals surface area contributed by atoms with Gasteiger partial charge in [-0.15, -0.1) is 0 Å². The molecule has 0 saturated carbocycles. The van der Waals surface area contributed by atoms with Crippen LogP contribution in [0.3, 0.4) is 0 Å². The summed E-state index contributed by atoms with van der Waals surface area (Å²) in [5.74, 6) is -0.458. The second-order valence-electron chi connectivity index (χ2n) is 7.12. The molecule has 0 spiro atoms. The summed E-state index contributed by atoms with van der Waals surface area (Å²) in [6, 6.07) is 15.2. The number of carbonyl (C=O) groups excluding carboxylic acids is 1.